The molecule has 2 aromatic rings. The van der Waals surface area contributed by atoms with Gasteiger partial charge in [0.15, 0.2) is 12.4 Å². The molecule has 1 atom stereocenters. The van der Waals surface area contributed by atoms with Crippen LogP contribution < -0.4 is 10.6 Å². The van der Waals surface area contributed by atoms with Crippen LogP contribution >= 0.6 is 0 Å². The molecule has 0 fully saturated rings. The maximum Gasteiger partial charge on any atom is 0.338 e. The van der Waals surface area contributed by atoms with Gasteiger partial charge in [-0.2, -0.15) is 0 Å². The molecule has 0 saturated heterocycles. The summed E-state index contributed by atoms with van der Waals surface area (Å²) in [6.07, 6.45) is 1.33. The van der Waals surface area contributed by atoms with Crippen LogP contribution in [0.5, 0.6) is 0 Å². The van der Waals surface area contributed by atoms with E-state index in [4.69, 9.17) is 13.9 Å². The molecule has 28 heavy (non-hydrogen) atoms. The number of esters is 2. The van der Waals surface area contributed by atoms with Gasteiger partial charge in [-0.25, -0.2) is 9.59 Å². The largest absolute Gasteiger partial charge is 0.462 e. The number of rotatable bonds is 8. The number of carbonyl (C=O) groups excluding carboxylic acids is 4. The van der Waals surface area contributed by atoms with Crippen LogP contribution in [0.2, 0.25) is 0 Å². The van der Waals surface area contributed by atoms with Gasteiger partial charge in [0.1, 0.15) is 6.04 Å². The van der Waals surface area contributed by atoms with Gasteiger partial charge in [-0.3, -0.25) is 9.59 Å². The van der Waals surface area contributed by atoms with E-state index < -0.39 is 36.4 Å². The zero-order valence-electron chi connectivity index (χ0n) is 15.4. The lowest BCUT2D eigenvalue weighted by atomic mass is 10.2. The first-order valence-electron chi connectivity index (χ1n) is 8.48. The molecule has 148 valence electrons. The van der Waals surface area contributed by atoms with Crippen LogP contribution in [0, 0.1) is 0 Å². The van der Waals surface area contributed by atoms with Crippen molar-refractivity contribution in [1.29, 1.82) is 0 Å². The standard InChI is InChI=1S/C19H20N2O7/c1-3-26-19(25)13-6-8-14(9-7-13)21-16(22)11-28-18(24)12(2)20-17(23)15-5-4-10-27-15/h4-10,12H,3,11H2,1-2H3,(H,20,23)(H,21,22)/t12-/m0/s1. The molecule has 0 aliphatic carbocycles. The Kier molecular flexibility index (Phi) is 7.32. The maximum atomic E-state index is 11.9. The average Bonchev–Trinajstić information content (AvgIpc) is 3.21. The van der Waals surface area contributed by atoms with E-state index in [-0.39, 0.29) is 12.4 Å². The summed E-state index contributed by atoms with van der Waals surface area (Å²) in [6, 6.07) is 8.10. The van der Waals surface area contributed by atoms with Gasteiger partial charge in [0, 0.05) is 5.69 Å². The van der Waals surface area contributed by atoms with E-state index >= 15 is 0 Å². The monoisotopic (exact) mass is 388 g/mol. The molecule has 1 heterocycles. The number of carbonyl (C=O) groups is 4. The molecule has 0 bridgehead atoms. The second-order valence-electron chi connectivity index (χ2n) is 5.63. The predicted octanol–water partition coefficient (Wildman–Crippen LogP) is 1.76. The Bertz CT molecular complexity index is 828. The molecule has 1 aromatic carbocycles. The summed E-state index contributed by atoms with van der Waals surface area (Å²) in [6.45, 7) is 2.87. The lowest BCUT2D eigenvalue weighted by molar-refractivity contribution is -0.148. The SMILES string of the molecule is CCOC(=O)c1ccc(NC(=O)COC(=O)[C@H](C)NC(=O)c2ccco2)cc1. The van der Waals surface area contributed by atoms with Crippen LogP contribution in [0.3, 0.4) is 0 Å². The third kappa shape index (κ3) is 5.97. The van der Waals surface area contributed by atoms with Crippen molar-refractivity contribution in [1.82, 2.24) is 5.32 Å². The molecule has 2 N–H and O–H groups in total. The van der Waals surface area contributed by atoms with Gasteiger partial charge in [0.05, 0.1) is 18.4 Å². The minimum atomic E-state index is -0.964. The summed E-state index contributed by atoms with van der Waals surface area (Å²) in [5.74, 6) is -2.31. The number of anilines is 1. The van der Waals surface area contributed by atoms with Gasteiger partial charge in [-0.15, -0.1) is 0 Å². The van der Waals surface area contributed by atoms with E-state index in [0.717, 1.165) is 0 Å². The number of amides is 2. The Hall–Kier alpha value is -3.62. The van der Waals surface area contributed by atoms with E-state index in [1.54, 1.807) is 13.0 Å². The van der Waals surface area contributed by atoms with E-state index in [1.165, 1.54) is 43.5 Å². The fraction of sp³-hybridized carbons (Fsp3) is 0.263. The van der Waals surface area contributed by atoms with Crippen molar-refractivity contribution in [2.75, 3.05) is 18.5 Å². The molecule has 0 unspecified atom stereocenters. The van der Waals surface area contributed by atoms with Gasteiger partial charge in [0.2, 0.25) is 0 Å². The second kappa shape index (κ2) is 9.91. The van der Waals surface area contributed by atoms with Crippen LogP contribution in [-0.2, 0) is 19.1 Å². The van der Waals surface area contributed by atoms with Crippen molar-refractivity contribution in [3.8, 4) is 0 Å². The molecular weight excluding hydrogens is 368 g/mol. The molecular formula is C19H20N2O7. The number of furan rings is 1. The van der Waals surface area contributed by atoms with Gasteiger partial charge < -0.3 is 24.5 Å². The highest BCUT2D eigenvalue weighted by molar-refractivity contribution is 5.96. The molecule has 0 aliphatic rings. The second-order valence-corrected chi connectivity index (χ2v) is 5.63. The summed E-state index contributed by atoms with van der Waals surface area (Å²) in [4.78, 5) is 47.1. The molecule has 0 aliphatic heterocycles. The summed E-state index contributed by atoms with van der Waals surface area (Å²) < 4.78 is 14.7. The summed E-state index contributed by atoms with van der Waals surface area (Å²) in [5, 5.41) is 4.93. The van der Waals surface area contributed by atoms with Crippen LogP contribution in [-0.4, -0.2) is 43.0 Å². The molecule has 9 heteroatoms. The van der Waals surface area contributed by atoms with Crippen LogP contribution in [0.25, 0.3) is 0 Å². The third-order valence-electron chi connectivity index (χ3n) is 3.47. The Morgan fingerprint density at radius 2 is 1.79 bits per heavy atom. The molecule has 2 amide bonds. The molecule has 0 spiro atoms. The third-order valence-corrected chi connectivity index (χ3v) is 3.47. The molecule has 2 rings (SSSR count). The smallest absolute Gasteiger partial charge is 0.338 e. The Morgan fingerprint density at radius 1 is 1.07 bits per heavy atom. The van der Waals surface area contributed by atoms with E-state index in [9.17, 15) is 19.2 Å². The van der Waals surface area contributed by atoms with Crippen molar-refractivity contribution in [3.05, 3.63) is 54.0 Å². The highest BCUT2D eigenvalue weighted by Gasteiger charge is 2.20. The predicted molar refractivity (Wildman–Crippen MR) is 97.6 cm³/mol. The summed E-state index contributed by atoms with van der Waals surface area (Å²) >= 11 is 0. The van der Waals surface area contributed by atoms with Crippen molar-refractivity contribution in [2.45, 2.75) is 19.9 Å². The normalized spacial score (nSPS) is 11.2. The van der Waals surface area contributed by atoms with E-state index in [0.29, 0.717) is 11.3 Å². The van der Waals surface area contributed by atoms with Gasteiger partial charge in [-0.1, -0.05) is 0 Å². The van der Waals surface area contributed by atoms with E-state index in [1.807, 2.05) is 0 Å². The Morgan fingerprint density at radius 3 is 2.39 bits per heavy atom. The lowest BCUT2D eigenvalue weighted by Crippen LogP contribution is -2.40. The van der Waals surface area contributed by atoms with Gasteiger partial charge in [0.25, 0.3) is 11.8 Å². The average molecular weight is 388 g/mol. The topological polar surface area (TPSA) is 124 Å². The highest BCUT2D eigenvalue weighted by atomic mass is 16.5. The number of ether oxygens (including phenoxy) is 2. The van der Waals surface area contributed by atoms with Crippen LogP contribution in [0.4, 0.5) is 5.69 Å². The fourth-order valence-electron chi connectivity index (χ4n) is 2.10. The lowest BCUT2D eigenvalue weighted by Gasteiger charge is -2.12. The number of nitrogens with one attached hydrogen (secondary N) is 2. The number of benzene rings is 1. The fourth-order valence-corrected chi connectivity index (χ4v) is 2.10. The number of hydrogen-bond acceptors (Lipinski definition) is 7. The zero-order chi connectivity index (χ0) is 20.5. The Labute approximate surface area is 161 Å². The molecule has 9 nitrogen and oxygen atoms in total. The van der Waals surface area contributed by atoms with Crippen LogP contribution in [0.15, 0.2) is 47.1 Å². The van der Waals surface area contributed by atoms with Gasteiger partial charge in [-0.05, 0) is 50.2 Å². The quantitative estimate of drug-likeness (QED) is 0.660. The molecule has 0 saturated carbocycles. The van der Waals surface area contributed by atoms with Crippen molar-refractivity contribution >= 4 is 29.4 Å². The van der Waals surface area contributed by atoms with Crippen molar-refractivity contribution in [2.24, 2.45) is 0 Å². The van der Waals surface area contributed by atoms with E-state index in [2.05, 4.69) is 10.6 Å². The van der Waals surface area contributed by atoms with Crippen LogP contribution in [0.1, 0.15) is 34.8 Å². The molecule has 1 aromatic heterocycles. The van der Waals surface area contributed by atoms with Crippen molar-refractivity contribution < 1.29 is 33.1 Å². The summed E-state index contributed by atoms with van der Waals surface area (Å²) in [5.41, 5.74) is 0.778. The molecule has 0 radical (unpaired) electrons. The number of hydrogen-bond donors (Lipinski definition) is 2. The maximum absolute atomic E-state index is 11.9. The first kappa shape index (κ1) is 20.7. The van der Waals surface area contributed by atoms with Crippen molar-refractivity contribution in [3.63, 3.8) is 0 Å². The minimum absolute atomic E-state index is 0.0589. The zero-order valence-corrected chi connectivity index (χ0v) is 15.4. The first-order chi connectivity index (χ1) is 13.4. The summed E-state index contributed by atoms with van der Waals surface area (Å²) in [7, 11) is 0. The highest BCUT2D eigenvalue weighted by Crippen LogP contribution is 2.10. The Balaban J connectivity index is 1.77. The first-order valence-corrected chi connectivity index (χ1v) is 8.48. The van der Waals surface area contributed by atoms with Gasteiger partial charge >= 0.3 is 11.9 Å². The minimum Gasteiger partial charge on any atom is -0.462 e.